The van der Waals surface area contributed by atoms with Crippen molar-refractivity contribution in [3.05, 3.63) is 41.2 Å². The highest BCUT2D eigenvalue weighted by Crippen LogP contribution is 2.34. The molecule has 1 aliphatic heterocycles. The first kappa shape index (κ1) is 24.7. The Morgan fingerprint density at radius 2 is 2.11 bits per heavy atom. The summed E-state index contributed by atoms with van der Waals surface area (Å²) in [5.41, 5.74) is 0.727. The highest BCUT2D eigenvalue weighted by molar-refractivity contribution is 8.00. The van der Waals surface area contributed by atoms with Crippen LogP contribution in [0.4, 0.5) is 11.5 Å². The molecule has 2 aliphatic rings. The standard InChI is InChI=1S/C24H25ClN6O4S/c1-35-20-3-2-15-21(31-20)16(6-9-26-15)29-23(33)24(34)7-4-13(5-8-24)27-11-17-14(25)10-18-22(28-17)30-19(32)12-36-18/h2-3,6,9-10,13,27,34H,4-5,7-8,11-12H2,1H3,(H,26,29,33)(H,28,30,32). The van der Waals surface area contributed by atoms with Gasteiger partial charge in [0.1, 0.15) is 16.9 Å². The number of ether oxygens (including phenoxy) is 1. The average Bonchev–Trinajstić information content (AvgIpc) is 2.88. The lowest BCUT2D eigenvalue weighted by Gasteiger charge is -2.35. The summed E-state index contributed by atoms with van der Waals surface area (Å²) in [4.78, 5) is 38.7. The molecule has 0 saturated heterocycles. The molecule has 0 spiro atoms. The van der Waals surface area contributed by atoms with E-state index in [2.05, 4.69) is 30.9 Å². The molecule has 1 saturated carbocycles. The number of nitrogens with zero attached hydrogens (tertiary/aromatic N) is 3. The Hall–Kier alpha value is -2.99. The van der Waals surface area contributed by atoms with E-state index < -0.39 is 11.5 Å². The van der Waals surface area contributed by atoms with Gasteiger partial charge in [-0.15, -0.1) is 11.8 Å². The SMILES string of the molecule is COc1ccc2nccc(NC(=O)C3(O)CCC(NCc4nc5c(cc4Cl)SCC(=O)N5)CC3)c2n1. The topological polar surface area (TPSA) is 138 Å². The number of hydrogen-bond donors (Lipinski definition) is 4. The molecule has 0 atom stereocenters. The van der Waals surface area contributed by atoms with Gasteiger partial charge in [0, 0.05) is 24.8 Å². The van der Waals surface area contributed by atoms with Gasteiger partial charge >= 0.3 is 0 Å². The van der Waals surface area contributed by atoms with E-state index in [-0.39, 0.29) is 11.9 Å². The Kier molecular flexibility index (Phi) is 6.98. The van der Waals surface area contributed by atoms with E-state index in [4.69, 9.17) is 16.3 Å². The maximum absolute atomic E-state index is 13.1. The van der Waals surface area contributed by atoms with E-state index in [0.29, 0.717) is 77.1 Å². The van der Waals surface area contributed by atoms with Crippen LogP contribution < -0.4 is 20.7 Å². The molecule has 1 fully saturated rings. The summed E-state index contributed by atoms with van der Waals surface area (Å²) in [5.74, 6) is 0.740. The number of aromatic nitrogens is 3. The summed E-state index contributed by atoms with van der Waals surface area (Å²) in [5, 5.41) is 20.7. The molecule has 0 radical (unpaired) electrons. The molecule has 5 rings (SSSR count). The molecule has 2 amide bonds. The van der Waals surface area contributed by atoms with Crippen molar-refractivity contribution in [2.75, 3.05) is 23.5 Å². The van der Waals surface area contributed by atoms with Crippen molar-refractivity contribution in [1.82, 2.24) is 20.3 Å². The van der Waals surface area contributed by atoms with Gasteiger partial charge < -0.3 is 25.8 Å². The lowest BCUT2D eigenvalue weighted by molar-refractivity contribution is -0.137. The molecule has 10 nitrogen and oxygen atoms in total. The van der Waals surface area contributed by atoms with Crippen molar-refractivity contribution in [2.24, 2.45) is 0 Å². The third-order valence-corrected chi connectivity index (χ3v) is 7.80. The van der Waals surface area contributed by atoms with Gasteiger partial charge in [-0.25, -0.2) is 9.97 Å². The summed E-state index contributed by atoms with van der Waals surface area (Å²) in [6.45, 7) is 0.415. The normalized spacial score (nSPS) is 21.5. The number of carbonyl (C=O) groups is 2. The van der Waals surface area contributed by atoms with Crippen molar-refractivity contribution < 1.29 is 19.4 Å². The van der Waals surface area contributed by atoms with E-state index in [1.54, 1.807) is 24.4 Å². The fraction of sp³-hybridized carbons (Fsp3) is 0.375. The van der Waals surface area contributed by atoms with Gasteiger partial charge in [0.2, 0.25) is 11.8 Å². The van der Waals surface area contributed by atoms with Gasteiger partial charge in [0.05, 0.1) is 39.7 Å². The molecular weight excluding hydrogens is 504 g/mol. The van der Waals surface area contributed by atoms with E-state index >= 15 is 0 Å². The lowest BCUT2D eigenvalue weighted by Crippen LogP contribution is -2.48. The average molecular weight is 529 g/mol. The lowest BCUT2D eigenvalue weighted by atomic mass is 9.81. The molecule has 188 valence electrons. The number of fused-ring (bicyclic) bond motifs is 2. The van der Waals surface area contributed by atoms with Gasteiger partial charge in [0.15, 0.2) is 0 Å². The first-order valence-electron chi connectivity index (χ1n) is 11.5. The molecule has 0 aromatic carbocycles. The largest absolute Gasteiger partial charge is 0.481 e. The van der Waals surface area contributed by atoms with Crippen LogP contribution in [0, 0.1) is 0 Å². The number of aliphatic hydroxyl groups is 1. The van der Waals surface area contributed by atoms with E-state index in [1.807, 2.05) is 6.07 Å². The molecule has 4 heterocycles. The quantitative estimate of drug-likeness (QED) is 0.380. The smallest absolute Gasteiger partial charge is 0.256 e. The fourth-order valence-electron chi connectivity index (χ4n) is 4.37. The van der Waals surface area contributed by atoms with E-state index in [9.17, 15) is 14.7 Å². The third-order valence-electron chi connectivity index (χ3n) is 6.44. The van der Waals surface area contributed by atoms with Crippen LogP contribution in [0.1, 0.15) is 31.4 Å². The molecule has 4 N–H and O–H groups in total. The number of halogens is 1. The highest BCUT2D eigenvalue weighted by Gasteiger charge is 2.40. The second-order valence-electron chi connectivity index (χ2n) is 8.82. The molecule has 36 heavy (non-hydrogen) atoms. The van der Waals surface area contributed by atoms with Gasteiger partial charge in [-0.1, -0.05) is 11.6 Å². The fourth-order valence-corrected chi connectivity index (χ4v) is 5.45. The number of nitrogens with one attached hydrogen (secondary N) is 3. The number of pyridine rings is 3. The minimum absolute atomic E-state index is 0.0826. The Labute approximate surface area is 216 Å². The number of anilines is 2. The van der Waals surface area contributed by atoms with Gasteiger partial charge in [-0.2, -0.15) is 0 Å². The van der Waals surface area contributed by atoms with Crippen molar-refractivity contribution in [1.29, 1.82) is 0 Å². The first-order chi connectivity index (χ1) is 17.3. The van der Waals surface area contributed by atoms with Crippen LogP contribution in [-0.2, 0) is 16.1 Å². The summed E-state index contributed by atoms with van der Waals surface area (Å²) in [7, 11) is 1.52. The van der Waals surface area contributed by atoms with Crippen LogP contribution in [0.3, 0.4) is 0 Å². The molecule has 3 aromatic heterocycles. The number of hydrogen-bond acceptors (Lipinski definition) is 9. The van der Waals surface area contributed by atoms with E-state index in [1.165, 1.54) is 18.9 Å². The van der Waals surface area contributed by atoms with Crippen LogP contribution >= 0.6 is 23.4 Å². The van der Waals surface area contributed by atoms with Crippen molar-refractivity contribution >= 4 is 57.7 Å². The zero-order chi connectivity index (χ0) is 25.3. The number of amides is 2. The maximum atomic E-state index is 13.1. The molecule has 12 heteroatoms. The first-order valence-corrected chi connectivity index (χ1v) is 12.9. The third kappa shape index (κ3) is 5.10. The predicted molar refractivity (Wildman–Crippen MR) is 137 cm³/mol. The second kappa shape index (κ2) is 10.2. The summed E-state index contributed by atoms with van der Waals surface area (Å²) in [6.07, 6.45) is 3.38. The van der Waals surface area contributed by atoms with Gasteiger partial charge in [-0.05, 0) is 43.9 Å². The summed E-state index contributed by atoms with van der Waals surface area (Å²) < 4.78 is 5.18. The maximum Gasteiger partial charge on any atom is 0.256 e. The van der Waals surface area contributed by atoms with Crippen LogP contribution in [0.15, 0.2) is 35.4 Å². The minimum Gasteiger partial charge on any atom is -0.481 e. The van der Waals surface area contributed by atoms with Crippen molar-refractivity contribution in [3.8, 4) is 5.88 Å². The van der Waals surface area contributed by atoms with Gasteiger partial charge in [-0.3, -0.25) is 14.6 Å². The second-order valence-corrected chi connectivity index (χ2v) is 10.2. The van der Waals surface area contributed by atoms with Crippen LogP contribution in [0.25, 0.3) is 11.0 Å². The zero-order valence-electron chi connectivity index (χ0n) is 19.5. The van der Waals surface area contributed by atoms with Crippen LogP contribution in [0.5, 0.6) is 5.88 Å². The molecular formula is C24H25ClN6O4S. The molecule has 3 aromatic rings. The minimum atomic E-state index is -1.49. The molecule has 1 aliphatic carbocycles. The number of carbonyl (C=O) groups excluding carboxylic acids is 2. The van der Waals surface area contributed by atoms with Crippen molar-refractivity contribution in [2.45, 2.75) is 48.8 Å². The van der Waals surface area contributed by atoms with Crippen molar-refractivity contribution in [3.63, 3.8) is 0 Å². The Bertz CT molecular complexity index is 1330. The number of rotatable bonds is 6. The highest BCUT2D eigenvalue weighted by atomic mass is 35.5. The monoisotopic (exact) mass is 528 g/mol. The Morgan fingerprint density at radius 3 is 2.89 bits per heavy atom. The van der Waals surface area contributed by atoms with Crippen LogP contribution in [-0.4, -0.2) is 56.4 Å². The Balaban J connectivity index is 1.20. The summed E-state index contributed by atoms with van der Waals surface area (Å²) >= 11 is 7.81. The zero-order valence-corrected chi connectivity index (χ0v) is 21.1. The Morgan fingerprint density at radius 1 is 1.31 bits per heavy atom. The summed E-state index contributed by atoms with van der Waals surface area (Å²) in [6, 6.07) is 7.02. The number of methoxy groups -OCH3 is 1. The molecule has 0 unspecified atom stereocenters. The van der Waals surface area contributed by atoms with Gasteiger partial charge in [0.25, 0.3) is 5.91 Å². The van der Waals surface area contributed by atoms with E-state index in [0.717, 1.165) is 4.90 Å². The van der Waals surface area contributed by atoms with Crippen LogP contribution in [0.2, 0.25) is 5.02 Å². The molecule has 0 bridgehead atoms. The number of thioether (sulfide) groups is 1. The predicted octanol–water partition coefficient (Wildman–Crippen LogP) is 3.13.